The van der Waals surface area contributed by atoms with E-state index in [-0.39, 0.29) is 57.5 Å². The van der Waals surface area contributed by atoms with Crippen LogP contribution < -0.4 is 49.7 Å². The van der Waals surface area contributed by atoms with Gasteiger partial charge in [-0.1, -0.05) is 188 Å². The van der Waals surface area contributed by atoms with E-state index in [1.807, 2.05) is 113 Å². The fourth-order valence-electron chi connectivity index (χ4n) is 12.3. The molecule has 2 heterocycles. The Hall–Kier alpha value is -10.6. The molecule has 0 aliphatic rings. The standard InChI is InChI=1S/C21H27NO2.C21H22P.C13H18O2.C13H16O2.C12H14O2.C10H10O3.C8H12N2O.BrH/c1-13(2)16(5)17-6-8-18(9-7-17)20(23)11-10-19-14(3)12-15(4)22-21(19)24;1-18(2)22(19-12-6-3-7-13-19,20-14-8-4-9-15-20)21-16-10-5-11-17-21;2*1-9(2)10(3)11-5-7-12(8-6-11)13(14)15-4;1-8(2)9(3)10-4-6-11(7-5-10)12(13)14;1-7(11)8-3-5-9(6-4-8)10(12)13-2;1-5-3-6(2)10-8(11)7(5)4-9;/h6-9,12-13,16H,10-11H2,1-5H3,(H,22,24);3-18H,1-2H3;5-10H,1-4H3;5-8H,1-4H3;4-9H,3H2,1-2H3;3-6H,1-2H3;3H,4,9H2,1-2H3,(H,10,11);1H/q;+1;;;;;;. The van der Waals surface area contributed by atoms with Gasteiger partial charge in [0, 0.05) is 52.5 Å². The summed E-state index contributed by atoms with van der Waals surface area (Å²) < 4.78 is 13.8. The number of aromatic nitrogens is 2. The van der Waals surface area contributed by atoms with Gasteiger partial charge < -0.3 is 52.0 Å². The lowest BCUT2D eigenvalue weighted by molar-refractivity contribution is -0.0000923. The fraction of sp³-hybridized carbons (Fsp3) is 0.316. The first-order chi connectivity index (χ1) is 54.0. The van der Waals surface area contributed by atoms with Gasteiger partial charge in [-0.25, -0.2) is 19.2 Å². The predicted molar refractivity (Wildman–Crippen MR) is 470 cm³/mol. The van der Waals surface area contributed by atoms with Crippen molar-refractivity contribution in [2.24, 2.45) is 23.5 Å². The molecule has 5 N–H and O–H groups in total. The van der Waals surface area contributed by atoms with E-state index in [2.05, 4.69) is 212 Å². The number of Topliss-reactive ketones (excluding diaryl/α,β-unsaturated/α-hetero) is 2. The summed E-state index contributed by atoms with van der Waals surface area (Å²) in [4.78, 5) is 96.0. The van der Waals surface area contributed by atoms with E-state index in [4.69, 9.17) is 10.8 Å². The highest BCUT2D eigenvalue weighted by molar-refractivity contribution is 7.96. The van der Waals surface area contributed by atoms with Gasteiger partial charge in [0.1, 0.15) is 29.1 Å². The zero-order chi connectivity index (χ0) is 85.1. The monoisotopic (exact) mass is 1640 g/mol. The van der Waals surface area contributed by atoms with Crippen molar-refractivity contribution in [1.82, 2.24) is 9.97 Å². The van der Waals surface area contributed by atoms with Gasteiger partial charge in [0.15, 0.2) is 11.6 Å². The van der Waals surface area contributed by atoms with Crippen LogP contribution in [-0.2, 0) is 27.2 Å². The molecule has 3 unspecified atom stereocenters. The molecule has 2 aromatic heterocycles. The number of carbonyl (C=O) groups excluding carboxylic acids is 5. The Kier molecular flexibility index (Phi) is 42.2. The number of nitrogens with one attached hydrogen (secondary N) is 2. The molecule has 10 rings (SSSR count). The maximum Gasteiger partial charge on any atom is 0.337 e. The van der Waals surface area contributed by atoms with Gasteiger partial charge in [0.25, 0.3) is 11.1 Å². The van der Waals surface area contributed by atoms with Crippen LogP contribution in [0.3, 0.4) is 0 Å². The first-order valence-corrected chi connectivity index (χ1v) is 40.5. The number of hydrogen-bond acceptors (Lipinski definition) is 12. The van der Waals surface area contributed by atoms with Crippen molar-refractivity contribution in [3.63, 3.8) is 0 Å². The summed E-state index contributed by atoms with van der Waals surface area (Å²) in [5.74, 6) is 1.06. The number of methoxy groups -OCH3 is 3. The smallest absolute Gasteiger partial charge is 0.337 e. The van der Waals surface area contributed by atoms with Crippen molar-refractivity contribution in [2.45, 2.75) is 167 Å². The number of rotatable bonds is 21. The fourth-order valence-corrected chi connectivity index (χ4v) is 16.9. The van der Waals surface area contributed by atoms with E-state index in [1.165, 1.54) is 66.4 Å². The highest BCUT2D eigenvalue weighted by Crippen LogP contribution is 2.59. The maximum atomic E-state index is 12.4. The third kappa shape index (κ3) is 29.9. The number of esters is 3. The van der Waals surface area contributed by atoms with Crippen LogP contribution in [-0.4, -0.2) is 77.5 Å². The molecule has 17 heteroatoms. The third-order valence-corrected chi connectivity index (χ3v) is 25.2. The molecule has 0 radical (unpaired) electrons. The summed E-state index contributed by atoms with van der Waals surface area (Å²) >= 11 is 0. The largest absolute Gasteiger partial charge is 1.00 e. The van der Waals surface area contributed by atoms with Crippen molar-refractivity contribution < 1.29 is 65.1 Å². The highest BCUT2D eigenvalue weighted by Gasteiger charge is 2.48. The lowest BCUT2D eigenvalue weighted by Crippen LogP contribution is -3.00. The zero-order valence-electron chi connectivity index (χ0n) is 71.1. The molecule has 0 aliphatic carbocycles. The van der Waals surface area contributed by atoms with Crippen LogP contribution in [0.15, 0.2) is 240 Å². The molecule has 0 aliphatic heterocycles. The second-order valence-electron chi connectivity index (χ2n) is 29.7. The van der Waals surface area contributed by atoms with Crippen molar-refractivity contribution in [1.29, 1.82) is 0 Å². The molecule has 0 amide bonds. The van der Waals surface area contributed by atoms with Crippen LogP contribution in [0.1, 0.15) is 239 Å². The predicted octanol–water partition coefficient (Wildman–Crippen LogP) is 17.6. The molecule has 8 aromatic carbocycles. The number of aromatic carboxylic acids is 1. The Morgan fingerprint density at radius 1 is 0.426 bits per heavy atom. The highest BCUT2D eigenvalue weighted by atomic mass is 79.9. The number of aryl methyl sites for hydroxylation is 4. The number of carbonyl (C=O) groups is 6. The number of aromatic amines is 2. The van der Waals surface area contributed by atoms with Crippen LogP contribution >= 0.6 is 7.26 Å². The van der Waals surface area contributed by atoms with Crippen LogP contribution in [0.4, 0.5) is 0 Å². The Morgan fingerprint density at radius 2 is 0.739 bits per heavy atom. The molecular weight excluding hydrogens is 1520 g/mol. The molecule has 0 saturated heterocycles. The van der Waals surface area contributed by atoms with Gasteiger partial charge in [0.2, 0.25) is 0 Å². The molecule has 10 aromatic rings. The van der Waals surface area contributed by atoms with Crippen molar-refractivity contribution in [3.8, 4) is 0 Å². The normalized spacial score (nSPS) is 11.3. The first kappa shape index (κ1) is 98.6. The number of carboxylic acids is 1. The van der Waals surface area contributed by atoms with Crippen LogP contribution in [0.25, 0.3) is 5.57 Å². The van der Waals surface area contributed by atoms with Gasteiger partial charge in [0.05, 0.1) is 56.2 Å². The molecule has 3 atom stereocenters. The van der Waals surface area contributed by atoms with Crippen LogP contribution in [0.5, 0.6) is 0 Å². The minimum absolute atomic E-state index is 0. The average Bonchev–Trinajstić information content (AvgIpc) is 0.747. The van der Waals surface area contributed by atoms with E-state index in [1.54, 1.807) is 48.5 Å². The lowest BCUT2D eigenvalue weighted by atomic mass is 9.89. The number of ether oxygens (including phenoxy) is 3. The molecule has 115 heavy (non-hydrogen) atoms. The van der Waals surface area contributed by atoms with Crippen LogP contribution in [0.2, 0.25) is 0 Å². The number of halogens is 1. The number of nitrogens with two attached hydrogens (primary N) is 1. The van der Waals surface area contributed by atoms with E-state index < -0.39 is 19.2 Å². The molecule has 15 nitrogen and oxygen atoms in total. The van der Waals surface area contributed by atoms with Crippen LogP contribution in [0, 0.1) is 52.4 Å². The van der Waals surface area contributed by atoms with Crippen molar-refractivity contribution in [2.75, 3.05) is 21.3 Å². The van der Waals surface area contributed by atoms with Gasteiger partial charge >= 0.3 is 23.9 Å². The Morgan fingerprint density at radius 3 is 1.03 bits per heavy atom. The van der Waals surface area contributed by atoms with Gasteiger partial charge in [-0.2, -0.15) is 0 Å². The number of pyridine rings is 2. The number of carboxylic acid groups (broad SMARTS) is 1. The second kappa shape index (κ2) is 49.2. The molecule has 0 saturated carbocycles. The Balaban J connectivity index is 0.000000352. The molecule has 0 bridgehead atoms. The van der Waals surface area contributed by atoms with Crippen molar-refractivity contribution >= 4 is 64.2 Å². The summed E-state index contributed by atoms with van der Waals surface area (Å²) in [7, 11) is 2.48. The maximum absolute atomic E-state index is 12.4. The summed E-state index contributed by atoms with van der Waals surface area (Å²) in [5, 5.41) is 13.1. The summed E-state index contributed by atoms with van der Waals surface area (Å²) in [5.41, 5.74) is 21.4. The molecule has 0 spiro atoms. The summed E-state index contributed by atoms with van der Waals surface area (Å²) in [6, 6.07) is 73.2. The lowest BCUT2D eigenvalue weighted by Gasteiger charge is -2.31. The minimum Gasteiger partial charge on any atom is -1.00 e. The Labute approximate surface area is 694 Å². The van der Waals surface area contributed by atoms with Gasteiger partial charge in [-0.3, -0.25) is 19.2 Å². The first-order valence-electron chi connectivity index (χ1n) is 38.6. The SMILES string of the molecule is CC(C)[P+](c1ccccc1)(c1ccccc1)c1ccccc1.COC(=O)c1ccc(C(C)=C(C)C)cc1.COC(=O)c1ccc(C(C)=O)cc1.COC(=O)c1ccc(C(C)C(C)C)cc1.Cc1cc(C)c(CCC(=O)c2ccc(C(C)C(C)C)cc2)c(=O)[nH]1.Cc1cc(C)c(CN)c(=O)[nH]1.[Br-].[CH2+]C(c1ccc(C(=O)O)cc1)C(C)C. The molecule has 610 valence electrons. The number of ketones is 2. The number of allylic oxidation sites excluding steroid dienone is 2. The molecular formula is C98H120BrN3O12P+. The van der Waals surface area contributed by atoms with E-state index in [9.17, 15) is 38.4 Å². The topological polar surface area (TPSA) is 242 Å². The van der Waals surface area contributed by atoms with E-state index in [0.29, 0.717) is 93.6 Å². The summed E-state index contributed by atoms with van der Waals surface area (Å²) in [6.07, 6.45) is 0.830. The van der Waals surface area contributed by atoms with E-state index >= 15 is 0 Å². The number of hydrogen-bond donors (Lipinski definition) is 4. The molecule has 0 fully saturated rings. The van der Waals surface area contributed by atoms with Gasteiger partial charge in [-0.05, 0) is 235 Å². The number of H-pyrrole nitrogens is 2. The van der Waals surface area contributed by atoms with E-state index in [0.717, 1.165) is 39.2 Å². The number of benzene rings is 8. The van der Waals surface area contributed by atoms with Crippen molar-refractivity contribution in [3.05, 3.63) is 347 Å². The quantitative estimate of drug-likeness (QED) is 0.0172. The zero-order valence-corrected chi connectivity index (χ0v) is 73.6. The Bertz CT molecular complexity index is 4740. The minimum atomic E-state index is -1.63. The average molecular weight is 1640 g/mol. The third-order valence-electron chi connectivity index (χ3n) is 20.3. The van der Waals surface area contributed by atoms with Gasteiger partial charge in [-0.15, -0.1) is 0 Å². The summed E-state index contributed by atoms with van der Waals surface area (Å²) in [6.45, 7) is 41.7. The second-order valence-corrected chi connectivity index (χ2v) is 33.8.